The van der Waals surface area contributed by atoms with Crippen LogP contribution in [-0.2, 0) is 30.2 Å². The third-order valence-corrected chi connectivity index (χ3v) is 8.31. The Morgan fingerprint density at radius 2 is 1.81 bits per heavy atom. The van der Waals surface area contributed by atoms with E-state index in [4.69, 9.17) is 24.7 Å². The molecule has 2 aromatic carbocycles. The fourth-order valence-corrected chi connectivity index (χ4v) is 5.99. The van der Waals surface area contributed by atoms with Crippen LogP contribution in [-0.4, -0.2) is 87.6 Å². The van der Waals surface area contributed by atoms with Crippen molar-refractivity contribution in [1.82, 2.24) is 0 Å². The number of carbonyl (C=O) groups is 4. The minimum Gasteiger partial charge on any atom is -0.507 e. The predicted molar refractivity (Wildman–Crippen MR) is 146 cm³/mol. The maximum Gasteiger partial charge on any atom is 0.305 e. The SMILES string of the molecule is CCC(=O)OCC(=O)[C@@]1(O)Cc2c(O)c3c(c(O)c2[C@H](O[C@@H]2C[C@H](N)[C@H](O)[C@H](C)O2)C1)C(=O)c1c(OC)cccc1C3=O. The smallest absolute Gasteiger partial charge is 0.305 e. The number of carbonyl (C=O) groups excluding carboxylic acids is 4. The number of methoxy groups -OCH3 is 1. The number of aliphatic hydroxyl groups is 2. The lowest BCUT2D eigenvalue weighted by Crippen LogP contribution is -2.53. The van der Waals surface area contributed by atoms with E-state index in [0.717, 1.165) is 0 Å². The normalized spacial score (nSPS) is 28.0. The molecule has 43 heavy (non-hydrogen) atoms. The highest BCUT2D eigenvalue weighted by molar-refractivity contribution is 6.31. The van der Waals surface area contributed by atoms with Crippen LogP contribution in [0.25, 0.3) is 0 Å². The lowest BCUT2D eigenvalue weighted by atomic mass is 9.72. The van der Waals surface area contributed by atoms with Gasteiger partial charge < -0.3 is 45.1 Å². The second kappa shape index (κ2) is 11.3. The number of nitrogens with two attached hydrogens (primary N) is 1. The molecular weight excluding hydrogens is 566 g/mol. The number of fused-ring (bicyclic) bond motifs is 3. The predicted octanol–water partition coefficient (Wildman–Crippen LogP) is 0.962. The molecule has 2 aromatic rings. The van der Waals surface area contributed by atoms with Gasteiger partial charge in [-0.15, -0.1) is 0 Å². The summed E-state index contributed by atoms with van der Waals surface area (Å²) in [6.45, 7) is 2.33. The topological polar surface area (TPSA) is 212 Å². The molecule has 0 amide bonds. The molecule has 0 saturated carbocycles. The molecular formula is C30H33NO12. The maximum absolute atomic E-state index is 13.8. The van der Waals surface area contributed by atoms with Crippen LogP contribution in [0.15, 0.2) is 18.2 Å². The molecule has 0 spiro atoms. The van der Waals surface area contributed by atoms with Gasteiger partial charge >= 0.3 is 5.97 Å². The van der Waals surface area contributed by atoms with Gasteiger partial charge in [0, 0.05) is 48.4 Å². The number of ether oxygens (including phenoxy) is 4. The molecule has 0 bridgehead atoms. The van der Waals surface area contributed by atoms with E-state index in [1.54, 1.807) is 6.92 Å². The molecule has 13 heteroatoms. The number of phenolic OH excluding ortho intramolecular Hbond substituents is 2. The summed E-state index contributed by atoms with van der Waals surface area (Å²) in [5.41, 5.74) is 2.29. The van der Waals surface area contributed by atoms with E-state index in [1.807, 2.05) is 0 Å². The van der Waals surface area contributed by atoms with E-state index in [9.17, 15) is 39.6 Å². The first-order valence-electron chi connectivity index (χ1n) is 13.9. The number of rotatable bonds is 7. The average Bonchev–Trinajstić information content (AvgIpc) is 2.98. The average molecular weight is 600 g/mol. The largest absolute Gasteiger partial charge is 0.507 e. The number of phenols is 2. The molecule has 5 rings (SSSR count). The second-order valence-electron chi connectivity index (χ2n) is 11.0. The Hall–Kier alpha value is -3.88. The number of hydrogen-bond donors (Lipinski definition) is 5. The zero-order valence-electron chi connectivity index (χ0n) is 23.8. The minimum absolute atomic E-state index is 0.00248. The van der Waals surface area contributed by atoms with Crippen molar-refractivity contribution in [3.8, 4) is 17.2 Å². The van der Waals surface area contributed by atoms with Crippen LogP contribution in [0.4, 0.5) is 0 Å². The number of benzene rings is 2. The van der Waals surface area contributed by atoms with Crippen LogP contribution < -0.4 is 10.5 Å². The van der Waals surface area contributed by atoms with Crippen LogP contribution >= 0.6 is 0 Å². The summed E-state index contributed by atoms with van der Waals surface area (Å²) in [7, 11) is 1.32. The zero-order chi connectivity index (χ0) is 31.4. The first-order valence-corrected chi connectivity index (χ1v) is 13.9. The molecule has 13 nitrogen and oxygen atoms in total. The minimum atomic E-state index is -2.28. The van der Waals surface area contributed by atoms with Gasteiger partial charge in [0.2, 0.25) is 11.6 Å². The van der Waals surface area contributed by atoms with Crippen LogP contribution in [0.3, 0.4) is 0 Å². The van der Waals surface area contributed by atoms with E-state index < -0.39 is 102 Å². The maximum atomic E-state index is 13.8. The van der Waals surface area contributed by atoms with E-state index >= 15 is 0 Å². The molecule has 2 aliphatic carbocycles. The highest BCUT2D eigenvalue weighted by Gasteiger charge is 2.50. The van der Waals surface area contributed by atoms with Gasteiger partial charge in [-0.1, -0.05) is 19.1 Å². The Kier molecular flexibility index (Phi) is 8.05. The molecule has 0 aromatic heterocycles. The Labute approximate surface area is 246 Å². The summed E-state index contributed by atoms with van der Waals surface area (Å²) in [5.74, 6) is -4.46. The van der Waals surface area contributed by atoms with Gasteiger partial charge in [0.25, 0.3) is 0 Å². The molecule has 230 valence electrons. The van der Waals surface area contributed by atoms with Crippen LogP contribution in [0.5, 0.6) is 17.2 Å². The highest BCUT2D eigenvalue weighted by Crippen LogP contribution is 2.52. The Balaban J connectivity index is 1.64. The number of ketones is 3. The Bertz CT molecular complexity index is 1510. The Morgan fingerprint density at radius 1 is 1.12 bits per heavy atom. The van der Waals surface area contributed by atoms with E-state index in [0.29, 0.717) is 0 Å². The van der Waals surface area contributed by atoms with E-state index in [-0.39, 0.29) is 40.8 Å². The summed E-state index contributed by atoms with van der Waals surface area (Å²) in [6.07, 6.45) is -5.31. The van der Waals surface area contributed by atoms with Gasteiger partial charge in [-0.2, -0.15) is 0 Å². The standard InChI is InChI=1S/C30H33NO12/c1-4-19(33)41-11-18(32)30(39)9-14-22(17(10-30)43-20-8-15(31)25(34)12(2)42-20)29(38)24-23(27(14)36)26(35)13-6-5-7-16(40-3)21(13)28(24)37/h5-7,12,15,17,20,25,34,36,38-39H,4,8-11,31H2,1-3H3/t12-,15-,17+,20+,25+,30+/m0/s1. The monoisotopic (exact) mass is 599 g/mol. The number of aliphatic hydroxyl groups excluding tert-OH is 1. The molecule has 0 unspecified atom stereocenters. The quantitative estimate of drug-likeness (QED) is 0.189. The molecule has 3 aliphatic rings. The number of aromatic hydroxyl groups is 2. The van der Waals surface area contributed by atoms with Crippen molar-refractivity contribution in [3.63, 3.8) is 0 Å². The van der Waals surface area contributed by atoms with Crippen molar-refractivity contribution >= 4 is 23.3 Å². The highest BCUT2D eigenvalue weighted by atomic mass is 16.7. The molecule has 6 atom stereocenters. The number of esters is 1. The van der Waals surface area contributed by atoms with Crippen LogP contribution in [0, 0.1) is 0 Å². The fraction of sp³-hybridized carbons (Fsp3) is 0.467. The first kappa shape index (κ1) is 30.6. The van der Waals surface area contributed by atoms with Gasteiger partial charge in [0.05, 0.1) is 42.1 Å². The van der Waals surface area contributed by atoms with Crippen LogP contribution in [0.1, 0.15) is 82.2 Å². The van der Waals surface area contributed by atoms with Crippen molar-refractivity contribution in [2.24, 2.45) is 5.73 Å². The van der Waals surface area contributed by atoms with Crippen molar-refractivity contribution < 1.29 is 58.6 Å². The molecule has 6 N–H and O–H groups in total. The van der Waals surface area contributed by atoms with Crippen molar-refractivity contribution in [1.29, 1.82) is 0 Å². The third kappa shape index (κ3) is 5.06. The summed E-state index contributed by atoms with van der Waals surface area (Å²) in [6, 6.07) is 3.60. The van der Waals surface area contributed by atoms with E-state index in [2.05, 4.69) is 0 Å². The summed E-state index contributed by atoms with van der Waals surface area (Å²) < 4.78 is 22.1. The van der Waals surface area contributed by atoms with Gasteiger partial charge in [-0.05, 0) is 13.0 Å². The lowest BCUT2D eigenvalue weighted by molar-refractivity contribution is -0.247. The van der Waals surface area contributed by atoms with Gasteiger partial charge in [0.1, 0.15) is 22.8 Å². The van der Waals surface area contributed by atoms with Crippen molar-refractivity contribution in [2.45, 2.75) is 75.8 Å². The summed E-state index contributed by atoms with van der Waals surface area (Å²) in [4.78, 5) is 52.3. The molecule has 1 fully saturated rings. The third-order valence-electron chi connectivity index (χ3n) is 8.31. The lowest BCUT2D eigenvalue weighted by Gasteiger charge is -2.42. The first-order chi connectivity index (χ1) is 20.3. The second-order valence-corrected chi connectivity index (χ2v) is 11.0. The molecule has 1 saturated heterocycles. The Morgan fingerprint density at radius 3 is 2.47 bits per heavy atom. The molecule has 0 radical (unpaired) electrons. The number of Topliss-reactive ketones (excluding diaryl/α,β-unsaturated/α-hetero) is 1. The number of hydrogen-bond acceptors (Lipinski definition) is 13. The summed E-state index contributed by atoms with van der Waals surface area (Å²) >= 11 is 0. The fourth-order valence-electron chi connectivity index (χ4n) is 5.99. The summed E-state index contributed by atoms with van der Waals surface area (Å²) in [5, 5.41) is 44.9. The molecule has 1 heterocycles. The van der Waals surface area contributed by atoms with Gasteiger partial charge in [-0.3, -0.25) is 19.2 Å². The van der Waals surface area contributed by atoms with Gasteiger partial charge in [-0.25, -0.2) is 0 Å². The molecule has 1 aliphatic heterocycles. The van der Waals surface area contributed by atoms with E-state index in [1.165, 1.54) is 32.2 Å². The zero-order valence-corrected chi connectivity index (χ0v) is 23.8. The van der Waals surface area contributed by atoms with Crippen molar-refractivity contribution in [3.05, 3.63) is 51.6 Å². The van der Waals surface area contributed by atoms with Gasteiger partial charge in [0.15, 0.2) is 18.7 Å². The van der Waals surface area contributed by atoms with Crippen LogP contribution in [0.2, 0.25) is 0 Å². The van der Waals surface area contributed by atoms with Crippen molar-refractivity contribution in [2.75, 3.05) is 13.7 Å².